The molecule has 0 fully saturated rings. The number of fused-ring (bicyclic) bond motifs is 1. The molecule has 72 valence electrons. The summed E-state index contributed by atoms with van der Waals surface area (Å²) in [5, 5.41) is 0.948. The molecule has 3 heteroatoms. The Morgan fingerprint density at radius 3 is 2.67 bits per heavy atom. The maximum atomic E-state index is 5.23. The van der Waals surface area contributed by atoms with E-state index in [9.17, 15) is 0 Å². The van der Waals surface area contributed by atoms with Crippen LogP contribution in [0.4, 0.5) is 0 Å². The molecule has 2 heterocycles. The van der Waals surface area contributed by atoms with Crippen LogP contribution in [-0.4, -0.2) is 9.97 Å². The summed E-state index contributed by atoms with van der Waals surface area (Å²) >= 11 is 0. The second-order valence-electron chi connectivity index (χ2n) is 3.23. The van der Waals surface area contributed by atoms with Crippen molar-refractivity contribution >= 4 is 11.1 Å². The van der Waals surface area contributed by atoms with Gasteiger partial charge in [0.15, 0.2) is 0 Å². The quantitative estimate of drug-likeness (QED) is 0.600. The number of furan rings is 1. The molecule has 0 spiro atoms. The highest BCUT2D eigenvalue weighted by atomic mass is 16.3. The molecule has 0 saturated heterocycles. The van der Waals surface area contributed by atoms with Crippen molar-refractivity contribution in [2.24, 2.45) is 0 Å². The molecule has 15 heavy (non-hydrogen) atoms. The summed E-state index contributed by atoms with van der Waals surface area (Å²) in [7, 11) is 0. The Hall–Kier alpha value is -2.16. The van der Waals surface area contributed by atoms with Gasteiger partial charge in [0, 0.05) is 5.56 Å². The molecule has 0 amide bonds. The molecule has 0 N–H and O–H groups in total. The van der Waals surface area contributed by atoms with Gasteiger partial charge in [0.25, 0.3) is 0 Å². The Kier molecular flexibility index (Phi) is 1.75. The van der Waals surface area contributed by atoms with Gasteiger partial charge in [-0.2, -0.15) is 0 Å². The fraction of sp³-hybridized carbons (Fsp3) is 0. The summed E-state index contributed by atoms with van der Waals surface area (Å²) in [6.45, 7) is 0. The van der Waals surface area contributed by atoms with Crippen molar-refractivity contribution in [1.29, 1.82) is 0 Å². The lowest BCUT2D eigenvalue weighted by molar-refractivity contribution is 0.602. The minimum atomic E-state index is 0.629. The van der Waals surface area contributed by atoms with E-state index < -0.39 is 0 Å². The molecule has 0 aliphatic heterocycles. The van der Waals surface area contributed by atoms with Crippen molar-refractivity contribution in [3.8, 4) is 11.3 Å². The number of benzene rings is 1. The van der Waals surface area contributed by atoms with Gasteiger partial charge < -0.3 is 4.42 Å². The topological polar surface area (TPSA) is 38.9 Å². The molecule has 0 aliphatic carbocycles. The Balaban J connectivity index is 2.31. The van der Waals surface area contributed by atoms with Gasteiger partial charge in [-0.15, -0.1) is 0 Å². The predicted molar refractivity (Wildman–Crippen MR) is 57.2 cm³/mol. The van der Waals surface area contributed by atoms with E-state index >= 15 is 0 Å². The van der Waals surface area contributed by atoms with Gasteiger partial charge in [0.2, 0.25) is 5.71 Å². The fourth-order valence-electron chi connectivity index (χ4n) is 1.62. The van der Waals surface area contributed by atoms with Crippen LogP contribution in [-0.2, 0) is 0 Å². The van der Waals surface area contributed by atoms with Crippen LogP contribution in [0.3, 0.4) is 0 Å². The molecule has 3 rings (SSSR count). The summed E-state index contributed by atoms with van der Waals surface area (Å²) in [6, 6.07) is 11.9. The Morgan fingerprint density at radius 2 is 1.80 bits per heavy atom. The molecular formula is C12H8N2O. The molecule has 0 bridgehead atoms. The van der Waals surface area contributed by atoms with E-state index in [0.717, 1.165) is 16.6 Å². The minimum Gasteiger partial charge on any atom is -0.446 e. The van der Waals surface area contributed by atoms with Crippen molar-refractivity contribution in [3.63, 3.8) is 0 Å². The first-order chi connectivity index (χ1) is 7.45. The van der Waals surface area contributed by atoms with Crippen LogP contribution >= 0.6 is 0 Å². The summed E-state index contributed by atoms with van der Waals surface area (Å²) in [4.78, 5) is 8.33. The second-order valence-corrected chi connectivity index (χ2v) is 3.23. The van der Waals surface area contributed by atoms with Crippen LogP contribution in [0.5, 0.6) is 0 Å². The zero-order valence-corrected chi connectivity index (χ0v) is 7.92. The highest BCUT2D eigenvalue weighted by molar-refractivity contribution is 5.88. The molecule has 0 unspecified atom stereocenters. The smallest absolute Gasteiger partial charge is 0.229 e. The lowest BCUT2D eigenvalue weighted by Crippen LogP contribution is -1.85. The van der Waals surface area contributed by atoms with Crippen LogP contribution in [0.15, 0.2) is 53.4 Å². The molecule has 1 aromatic carbocycles. The highest BCUT2D eigenvalue weighted by Crippen LogP contribution is 2.25. The lowest BCUT2D eigenvalue weighted by Gasteiger charge is -1.99. The molecule has 0 aliphatic rings. The molecule has 0 saturated carbocycles. The van der Waals surface area contributed by atoms with Crippen molar-refractivity contribution in [3.05, 3.63) is 49.0 Å². The molecule has 0 radical (unpaired) electrons. The Morgan fingerprint density at radius 1 is 0.933 bits per heavy atom. The van der Waals surface area contributed by atoms with Crippen LogP contribution in [0.1, 0.15) is 0 Å². The first kappa shape index (κ1) is 8.17. The molecule has 0 atom stereocenters. The summed E-state index contributed by atoms with van der Waals surface area (Å²) in [5.74, 6) is 0. The maximum Gasteiger partial charge on any atom is 0.229 e. The van der Waals surface area contributed by atoms with Crippen LogP contribution in [0.2, 0.25) is 0 Å². The number of hydrogen-bond donors (Lipinski definition) is 0. The van der Waals surface area contributed by atoms with Crippen molar-refractivity contribution in [2.45, 2.75) is 0 Å². The van der Waals surface area contributed by atoms with Crippen LogP contribution < -0.4 is 0 Å². The highest BCUT2D eigenvalue weighted by Gasteiger charge is 2.06. The zero-order chi connectivity index (χ0) is 10.1. The lowest BCUT2D eigenvalue weighted by atomic mass is 10.1. The van der Waals surface area contributed by atoms with Gasteiger partial charge in [-0.05, 0) is 6.07 Å². The average Bonchev–Trinajstić information content (AvgIpc) is 2.78. The Bertz CT molecular complexity index is 587. The van der Waals surface area contributed by atoms with E-state index in [-0.39, 0.29) is 0 Å². The third-order valence-corrected chi connectivity index (χ3v) is 2.31. The van der Waals surface area contributed by atoms with Crippen molar-refractivity contribution in [2.75, 3.05) is 0 Å². The van der Waals surface area contributed by atoms with Gasteiger partial charge in [0.1, 0.15) is 6.33 Å². The van der Waals surface area contributed by atoms with Gasteiger partial charge in [-0.25, -0.2) is 9.97 Å². The number of nitrogens with zero attached hydrogens (tertiary/aromatic N) is 2. The van der Waals surface area contributed by atoms with Crippen LogP contribution in [0.25, 0.3) is 22.4 Å². The largest absolute Gasteiger partial charge is 0.446 e. The van der Waals surface area contributed by atoms with Gasteiger partial charge in [-0.1, -0.05) is 30.3 Å². The van der Waals surface area contributed by atoms with Gasteiger partial charge in [-0.3, -0.25) is 0 Å². The van der Waals surface area contributed by atoms with E-state index in [1.54, 1.807) is 6.26 Å². The normalized spacial score (nSPS) is 10.7. The fourth-order valence-corrected chi connectivity index (χ4v) is 1.62. The molecule has 2 aromatic heterocycles. The van der Waals surface area contributed by atoms with Gasteiger partial charge in [0.05, 0.1) is 17.3 Å². The number of rotatable bonds is 1. The van der Waals surface area contributed by atoms with E-state index in [1.165, 1.54) is 6.33 Å². The Labute approximate surface area is 86.4 Å². The number of hydrogen-bond acceptors (Lipinski definition) is 3. The monoisotopic (exact) mass is 196 g/mol. The summed E-state index contributed by atoms with van der Waals surface area (Å²) in [6.07, 6.45) is 3.15. The van der Waals surface area contributed by atoms with Gasteiger partial charge >= 0.3 is 0 Å². The average molecular weight is 196 g/mol. The van der Waals surface area contributed by atoms with E-state index in [0.29, 0.717) is 5.71 Å². The second kappa shape index (κ2) is 3.20. The van der Waals surface area contributed by atoms with Crippen molar-refractivity contribution < 1.29 is 4.42 Å². The predicted octanol–water partition coefficient (Wildman–Crippen LogP) is 2.89. The summed E-state index contributed by atoms with van der Waals surface area (Å²) in [5.41, 5.74) is 2.62. The zero-order valence-electron chi connectivity index (χ0n) is 7.92. The van der Waals surface area contributed by atoms with E-state index in [2.05, 4.69) is 9.97 Å². The van der Waals surface area contributed by atoms with Crippen LogP contribution in [0, 0.1) is 0 Å². The van der Waals surface area contributed by atoms with Crippen molar-refractivity contribution in [1.82, 2.24) is 9.97 Å². The SMILES string of the molecule is c1ccc(-c2ncnc3occc23)cc1. The first-order valence-corrected chi connectivity index (χ1v) is 4.69. The standard InChI is InChI=1S/C12H8N2O/c1-2-4-9(5-3-1)11-10-6-7-15-12(10)14-8-13-11/h1-8H. The molecular weight excluding hydrogens is 188 g/mol. The molecule has 3 nitrogen and oxygen atoms in total. The first-order valence-electron chi connectivity index (χ1n) is 4.69. The third-order valence-electron chi connectivity index (χ3n) is 2.31. The minimum absolute atomic E-state index is 0.629. The number of aromatic nitrogens is 2. The maximum absolute atomic E-state index is 5.23. The summed E-state index contributed by atoms with van der Waals surface area (Å²) < 4.78 is 5.23. The van der Waals surface area contributed by atoms with E-state index in [1.807, 2.05) is 36.4 Å². The molecule has 3 aromatic rings. The van der Waals surface area contributed by atoms with E-state index in [4.69, 9.17) is 4.42 Å². The third kappa shape index (κ3) is 1.29.